The largest absolute Gasteiger partial charge is 0.457 e. The number of nitrogens with zero attached hydrogens (tertiary/aromatic N) is 2. The monoisotopic (exact) mass is 340 g/mol. The van der Waals surface area contributed by atoms with Crippen molar-refractivity contribution in [3.63, 3.8) is 0 Å². The molecule has 4 heteroatoms. The second-order valence-electron chi connectivity index (χ2n) is 6.96. The van der Waals surface area contributed by atoms with Crippen LogP contribution in [0.25, 0.3) is 0 Å². The summed E-state index contributed by atoms with van der Waals surface area (Å²) in [6.45, 7) is 8.16. The fourth-order valence-electron chi connectivity index (χ4n) is 2.38. The molecule has 0 heterocycles. The van der Waals surface area contributed by atoms with Crippen molar-refractivity contribution in [2.45, 2.75) is 33.3 Å². The molecule has 0 spiro atoms. The standard InChI is InChI=1S/C21H28N2O2/c1-15-12-20(16(2)11-19(15)22-14-23(5)6)25-18-10-8-9-17(13-18)21(3,4)24-7/h8-14H,1-7H3. The Morgan fingerprint density at radius 1 is 1.04 bits per heavy atom. The predicted octanol–water partition coefficient (Wildman–Crippen LogP) is 5.20. The highest BCUT2D eigenvalue weighted by Crippen LogP contribution is 2.33. The SMILES string of the molecule is COC(C)(C)c1cccc(Oc2cc(C)c(N=CN(C)C)cc2C)c1. The third-order valence-electron chi connectivity index (χ3n) is 4.19. The van der Waals surface area contributed by atoms with Gasteiger partial charge in [-0.1, -0.05) is 12.1 Å². The maximum absolute atomic E-state index is 6.13. The van der Waals surface area contributed by atoms with E-state index in [1.54, 1.807) is 13.4 Å². The maximum Gasteiger partial charge on any atom is 0.130 e. The van der Waals surface area contributed by atoms with Crippen molar-refractivity contribution < 1.29 is 9.47 Å². The molecule has 0 radical (unpaired) electrons. The summed E-state index contributed by atoms with van der Waals surface area (Å²) in [6, 6.07) is 12.1. The number of methoxy groups -OCH3 is 1. The van der Waals surface area contributed by atoms with Gasteiger partial charge < -0.3 is 14.4 Å². The smallest absolute Gasteiger partial charge is 0.130 e. The molecule has 0 fully saturated rings. The summed E-state index contributed by atoms with van der Waals surface area (Å²) in [5.41, 5.74) is 3.80. The van der Waals surface area contributed by atoms with Gasteiger partial charge in [-0.2, -0.15) is 0 Å². The highest BCUT2D eigenvalue weighted by atomic mass is 16.5. The van der Waals surface area contributed by atoms with Gasteiger partial charge in [-0.25, -0.2) is 4.99 Å². The number of hydrogen-bond donors (Lipinski definition) is 0. The molecular weight excluding hydrogens is 312 g/mol. The van der Waals surface area contributed by atoms with Crippen LogP contribution in [0.15, 0.2) is 41.4 Å². The molecule has 134 valence electrons. The highest BCUT2D eigenvalue weighted by molar-refractivity contribution is 5.64. The van der Waals surface area contributed by atoms with Crippen molar-refractivity contribution in [2.24, 2.45) is 4.99 Å². The van der Waals surface area contributed by atoms with Crippen LogP contribution in [0, 0.1) is 13.8 Å². The van der Waals surface area contributed by atoms with E-state index in [-0.39, 0.29) is 5.60 Å². The molecule has 4 nitrogen and oxygen atoms in total. The van der Waals surface area contributed by atoms with Crippen molar-refractivity contribution >= 4 is 12.0 Å². The van der Waals surface area contributed by atoms with Gasteiger partial charge in [-0.15, -0.1) is 0 Å². The minimum atomic E-state index is -0.352. The lowest BCUT2D eigenvalue weighted by molar-refractivity contribution is 0.0191. The molecule has 0 amide bonds. The van der Waals surface area contributed by atoms with E-state index in [2.05, 4.69) is 4.99 Å². The first-order valence-electron chi connectivity index (χ1n) is 8.38. The zero-order chi connectivity index (χ0) is 18.6. The molecule has 0 atom stereocenters. The highest BCUT2D eigenvalue weighted by Gasteiger charge is 2.20. The Labute approximate surface area is 151 Å². The van der Waals surface area contributed by atoms with E-state index in [4.69, 9.17) is 9.47 Å². The van der Waals surface area contributed by atoms with Gasteiger partial charge in [0.2, 0.25) is 0 Å². The van der Waals surface area contributed by atoms with Crippen LogP contribution in [0.1, 0.15) is 30.5 Å². The topological polar surface area (TPSA) is 34.1 Å². The fraction of sp³-hybridized carbons (Fsp3) is 0.381. The molecule has 2 aromatic rings. The van der Waals surface area contributed by atoms with E-state index in [9.17, 15) is 0 Å². The third kappa shape index (κ3) is 4.83. The van der Waals surface area contributed by atoms with Gasteiger partial charge in [0.25, 0.3) is 0 Å². The first-order chi connectivity index (χ1) is 11.7. The van der Waals surface area contributed by atoms with Crippen molar-refractivity contribution in [3.8, 4) is 11.5 Å². The average molecular weight is 340 g/mol. The van der Waals surface area contributed by atoms with Crippen LogP contribution in [0.4, 0.5) is 5.69 Å². The molecule has 0 aromatic heterocycles. The lowest BCUT2D eigenvalue weighted by Crippen LogP contribution is -2.19. The van der Waals surface area contributed by atoms with Crippen LogP contribution >= 0.6 is 0 Å². The number of hydrogen-bond acceptors (Lipinski definition) is 3. The summed E-state index contributed by atoms with van der Waals surface area (Å²) in [6.07, 6.45) is 1.80. The molecular formula is C21H28N2O2. The van der Waals surface area contributed by atoms with E-state index >= 15 is 0 Å². The van der Waals surface area contributed by atoms with Gasteiger partial charge >= 0.3 is 0 Å². The summed E-state index contributed by atoms with van der Waals surface area (Å²) >= 11 is 0. The molecule has 2 rings (SSSR count). The van der Waals surface area contributed by atoms with Crippen molar-refractivity contribution in [1.82, 2.24) is 4.90 Å². The van der Waals surface area contributed by atoms with Crippen LogP contribution in [-0.4, -0.2) is 32.4 Å². The van der Waals surface area contributed by atoms with Gasteiger partial charge in [0.1, 0.15) is 11.5 Å². The molecule has 0 saturated carbocycles. The zero-order valence-corrected chi connectivity index (χ0v) is 16.3. The first-order valence-corrected chi connectivity index (χ1v) is 8.38. The van der Waals surface area contributed by atoms with Crippen molar-refractivity contribution in [1.29, 1.82) is 0 Å². The Kier molecular flexibility index (Phi) is 5.85. The van der Waals surface area contributed by atoms with E-state index < -0.39 is 0 Å². The molecule has 2 aromatic carbocycles. The summed E-state index contributed by atoms with van der Waals surface area (Å²) in [7, 11) is 5.63. The second kappa shape index (κ2) is 7.70. The molecule has 25 heavy (non-hydrogen) atoms. The summed E-state index contributed by atoms with van der Waals surface area (Å²) in [5.74, 6) is 1.64. The zero-order valence-electron chi connectivity index (χ0n) is 16.3. The molecule has 0 bridgehead atoms. The summed E-state index contributed by atoms with van der Waals surface area (Å²) in [5, 5.41) is 0. The van der Waals surface area contributed by atoms with Crippen LogP contribution < -0.4 is 4.74 Å². The average Bonchev–Trinajstić information content (AvgIpc) is 2.56. The number of aryl methyl sites for hydroxylation is 2. The Morgan fingerprint density at radius 2 is 1.76 bits per heavy atom. The normalized spacial score (nSPS) is 11.8. The van der Waals surface area contributed by atoms with E-state index in [0.717, 1.165) is 33.9 Å². The Balaban J connectivity index is 2.29. The quantitative estimate of drug-likeness (QED) is 0.535. The van der Waals surface area contributed by atoms with E-state index in [1.165, 1.54) is 0 Å². The molecule has 0 aliphatic rings. The van der Waals surface area contributed by atoms with Gasteiger partial charge in [-0.3, -0.25) is 0 Å². The lowest BCUT2D eigenvalue weighted by atomic mass is 9.98. The van der Waals surface area contributed by atoms with Crippen LogP contribution in [-0.2, 0) is 10.3 Å². The van der Waals surface area contributed by atoms with Gasteiger partial charge in [-0.05, 0) is 68.7 Å². The van der Waals surface area contributed by atoms with Crippen LogP contribution in [0.2, 0.25) is 0 Å². The third-order valence-corrected chi connectivity index (χ3v) is 4.19. The number of aliphatic imine (C=N–C) groups is 1. The predicted molar refractivity (Wildman–Crippen MR) is 104 cm³/mol. The van der Waals surface area contributed by atoms with E-state index in [0.29, 0.717) is 0 Å². The fourth-order valence-corrected chi connectivity index (χ4v) is 2.38. The minimum absolute atomic E-state index is 0.352. The second-order valence-corrected chi connectivity index (χ2v) is 6.96. The van der Waals surface area contributed by atoms with Crippen molar-refractivity contribution in [3.05, 3.63) is 53.1 Å². The Morgan fingerprint density at radius 3 is 2.40 bits per heavy atom. The minimum Gasteiger partial charge on any atom is -0.457 e. The lowest BCUT2D eigenvalue weighted by Gasteiger charge is -2.24. The summed E-state index contributed by atoms with van der Waals surface area (Å²) < 4.78 is 11.7. The number of rotatable bonds is 6. The van der Waals surface area contributed by atoms with Gasteiger partial charge in [0, 0.05) is 21.2 Å². The van der Waals surface area contributed by atoms with Gasteiger partial charge in [0.15, 0.2) is 0 Å². The van der Waals surface area contributed by atoms with Crippen molar-refractivity contribution in [2.75, 3.05) is 21.2 Å². The maximum atomic E-state index is 6.13. The number of benzene rings is 2. The van der Waals surface area contributed by atoms with Crippen LogP contribution in [0.5, 0.6) is 11.5 Å². The molecule has 0 saturated heterocycles. The van der Waals surface area contributed by atoms with Gasteiger partial charge in [0.05, 0.1) is 17.6 Å². The Bertz CT molecular complexity index is 764. The Hall–Kier alpha value is -2.33. The van der Waals surface area contributed by atoms with Crippen LogP contribution in [0.3, 0.4) is 0 Å². The van der Waals surface area contributed by atoms with E-state index in [1.807, 2.05) is 83.1 Å². The molecule has 0 N–H and O–H groups in total. The molecule has 0 aliphatic heterocycles. The first kappa shape index (κ1) is 19.0. The summed E-state index contributed by atoms with van der Waals surface area (Å²) in [4.78, 5) is 6.42. The molecule has 0 aliphatic carbocycles. The number of ether oxygens (including phenoxy) is 2. The molecule has 0 unspecified atom stereocenters.